The summed E-state index contributed by atoms with van der Waals surface area (Å²) < 4.78 is 15.0. The molecule has 0 unspecified atom stereocenters. The van der Waals surface area contributed by atoms with Crippen LogP contribution in [-0.4, -0.2) is 20.9 Å². The molecule has 1 N–H and O–H groups in total. The van der Waals surface area contributed by atoms with Crippen LogP contribution in [0.1, 0.15) is 27.2 Å². The second-order valence-corrected chi connectivity index (χ2v) is 7.32. The van der Waals surface area contributed by atoms with Crippen molar-refractivity contribution in [3.05, 3.63) is 100.0 Å². The average molecular weight is 432 g/mol. The van der Waals surface area contributed by atoms with Gasteiger partial charge < -0.3 is 5.11 Å². The highest BCUT2D eigenvalue weighted by Gasteiger charge is 2.12. The molecule has 0 bridgehead atoms. The molecule has 0 saturated heterocycles. The largest absolute Gasteiger partial charge is 0.478 e. The number of nitriles is 1. The summed E-state index contributed by atoms with van der Waals surface area (Å²) in [6.07, 6.45) is 1.66. The van der Waals surface area contributed by atoms with Crippen molar-refractivity contribution in [3.63, 3.8) is 0 Å². The van der Waals surface area contributed by atoms with E-state index >= 15 is 0 Å². The molecule has 0 aliphatic rings. The first-order valence-corrected chi connectivity index (χ1v) is 9.68. The van der Waals surface area contributed by atoms with E-state index < -0.39 is 5.97 Å². The van der Waals surface area contributed by atoms with Crippen LogP contribution < -0.4 is 0 Å². The quantitative estimate of drug-likeness (QED) is 0.415. The van der Waals surface area contributed by atoms with Gasteiger partial charge in [0.15, 0.2) is 0 Å². The third-order valence-electron chi connectivity index (χ3n) is 4.83. The lowest BCUT2D eigenvalue weighted by molar-refractivity contribution is 0.0697. The van der Waals surface area contributed by atoms with Gasteiger partial charge >= 0.3 is 5.97 Å². The summed E-state index contributed by atoms with van der Waals surface area (Å²) in [5.41, 5.74) is 3.30. The zero-order chi connectivity index (χ0) is 22.0. The first-order valence-electron chi connectivity index (χ1n) is 9.30. The number of hydrogen-bond acceptors (Lipinski definition) is 3. The Labute approximate surface area is 182 Å². The highest BCUT2D eigenvalue weighted by molar-refractivity contribution is 6.31. The van der Waals surface area contributed by atoms with Gasteiger partial charge in [0.1, 0.15) is 5.82 Å². The summed E-state index contributed by atoms with van der Waals surface area (Å²) in [7, 11) is 0. The molecular weight excluding hydrogens is 417 g/mol. The average Bonchev–Trinajstić information content (AvgIpc) is 3.09. The molecule has 31 heavy (non-hydrogen) atoms. The van der Waals surface area contributed by atoms with E-state index in [1.165, 1.54) is 24.3 Å². The van der Waals surface area contributed by atoms with Crippen molar-refractivity contribution in [2.45, 2.75) is 6.54 Å². The molecule has 152 valence electrons. The number of benzene rings is 3. The monoisotopic (exact) mass is 431 g/mol. The zero-order valence-corrected chi connectivity index (χ0v) is 16.8. The number of hydrogen-bond donors (Lipinski definition) is 1. The topological polar surface area (TPSA) is 78.9 Å². The molecule has 0 saturated carbocycles. The van der Waals surface area contributed by atoms with Crippen LogP contribution in [-0.2, 0) is 6.54 Å². The second-order valence-electron chi connectivity index (χ2n) is 6.88. The maximum Gasteiger partial charge on any atom is 0.335 e. The Bertz CT molecular complexity index is 1350. The highest BCUT2D eigenvalue weighted by atomic mass is 35.5. The van der Waals surface area contributed by atoms with Crippen LogP contribution in [0.15, 0.2) is 66.7 Å². The van der Waals surface area contributed by atoms with E-state index in [1.54, 1.807) is 47.2 Å². The molecule has 4 rings (SSSR count). The maximum absolute atomic E-state index is 13.2. The normalized spacial score (nSPS) is 11.5. The predicted molar refractivity (Wildman–Crippen MR) is 117 cm³/mol. The molecule has 4 aromatic rings. The first kappa shape index (κ1) is 20.3. The molecule has 0 fully saturated rings. The van der Waals surface area contributed by atoms with Crippen LogP contribution in [0.3, 0.4) is 0 Å². The van der Waals surface area contributed by atoms with Gasteiger partial charge in [0.05, 0.1) is 35.0 Å². The molecule has 0 radical (unpaired) electrons. The molecule has 1 heterocycles. The van der Waals surface area contributed by atoms with Crippen LogP contribution >= 0.6 is 11.6 Å². The van der Waals surface area contributed by atoms with E-state index in [9.17, 15) is 14.4 Å². The van der Waals surface area contributed by atoms with Gasteiger partial charge in [-0.05, 0) is 59.7 Å². The molecule has 7 heteroatoms. The number of allylic oxidation sites excluding steroid dienone is 1. The number of fused-ring (bicyclic) bond motifs is 1. The molecule has 1 aromatic heterocycles. The third kappa shape index (κ3) is 4.32. The van der Waals surface area contributed by atoms with Crippen LogP contribution in [0.5, 0.6) is 0 Å². The number of aromatic nitrogens is 2. The molecule has 3 aromatic carbocycles. The molecule has 0 spiro atoms. The lowest BCUT2D eigenvalue weighted by Gasteiger charge is -2.04. The number of rotatable bonds is 5. The van der Waals surface area contributed by atoms with Crippen molar-refractivity contribution in [2.24, 2.45) is 0 Å². The Morgan fingerprint density at radius 2 is 1.77 bits per heavy atom. The van der Waals surface area contributed by atoms with Gasteiger partial charge in [0.2, 0.25) is 0 Å². The lowest BCUT2D eigenvalue weighted by Crippen LogP contribution is -2.02. The number of halogens is 2. The van der Waals surface area contributed by atoms with E-state index in [2.05, 4.69) is 11.2 Å². The minimum Gasteiger partial charge on any atom is -0.478 e. The summed E-state index contributed by atoms with van der Waals surface area (Å²) >= 11 is 6.19. The van der Waals surface area contributed by atoms with Gasteiger partial charge in [0, 0.05) is 10.4 Å². The Morgan fingerprint density at radius 1 is 1.10 bits per heavy atom. The fourth-order valence-corrected chi connectivity index (χ4v) is 3.44. The summed E-state index contributed by atoms with van der Waals surface area (Å²) in [6.45, 7) is 0.403. The van der Waals surface area contributed by atoms with Gasteiger partial charge in [-0.1, -0.05) is 35.9 Å². The van der Waals surface area contributed by atoms with E-state index in [1.807, 2.05) is 6.07 Å². The zero-order valence-electron chi connectivity index (χ0n) is 16.1. The van der Waals surface area contributed by atoms with Crippen LogP contribution in [0, 0.1) is 17.1 Å². The Kier molecular flexibility index (Phi) is 5.52. The minimum absolute atomic E-state index is 0.143. The number of aromatic carboxylic acids is 1. The van der Waals surface area contributed by atoms with Crippen molar-refractivity contribution in [3.8, 4) is 6.07 Å². The van der Waals surface area contributed by atoms with Gasteiger partial charge in [-0.3, -0.25) is 4.68 Å². The van der Waals surface area contributed by atoms with Crippen molar-refractivity contribution in [1.82, 2.24) is 9.78 Å². The first-order chi connectivity index (χ1) is 14.9. The molecular formula is C24H15ClFN3O2. The Morgan fingerprint density at radius 3 is 2.42 bits per heavy atom. The van der Waals surface area contributed by atoms with Crippen molar-refractivity contribution >= 4 is 40.1 Å². The van der Waals surface area contributed by atoms with Gasteiger partial charge in [-0.15, -0.1) is 0 Å². The third-order valence-corrected chi connectivity index (χ3v) is 5.07. The summed E-state index contributed by atoms with van der Waals surface area (Å²) in [5, 5.41) is 24.7. The number of carbonyl (C=O) groups is 1. The van der Waals surface area contributed by atoms with E-state index in [0.717, 1.165) is 16.5 Å². The Hall–Kier alpha value is -3.95. The summed E-state index contributed by atoms with van der Waals surface area (Å²) in [6, 6.07) is 19.8. The summed E-state index contributed by atoms with van der Waals surface area (Å²) in [5.74, 6) is -1.34. The SMILES string of the molecule is N#C/C(=C\c1nn(Cc2ccc(F)cc2)c2cc(Cl)ccc12)c1ccc(C(=O)O)cc1. The molecule has 0 atom stereocenters. The molecule has 0 amide bonds. The molecule has 0 aliphatic carbocycles. The molecule has 0 aliphatic heterocycles. The van der Waals surface area contributed by atoms with Crippen molar-refractivity contribution in [2.75, 3.05) is 0 Å². The summed E-state index contributed by atoms with van der Waals surface area (Å²) in [4.78, 5) is 11.1. The Balaban J connectivity index is 1.78. The fourth-order valence-electron chi connectivity index (χ4n) is 3.27. The van der Waals surface area contributed by atoms with Crippen LogP contribution in [0.4, 0.5) is 4.39 Å². The van der Waals surface area contributed by atoms with Crippen LogP contribution in [0.25, 0.3) is 22.6 Å². The van der Waals surface area contributed by atoms with E-state index in [0.29, 0.717) is 28.4 Å². The van der Waals surface area contributed by atoms with Gasteiger partial charge in [-0.25, -0.2) is 9.18 Å². The van der Waals surface area contributed by atoms with Crippen molar-refractivity contribution < 1.29 is 14.3 Å². The number of carboxylic acids is 1. The lowest BCUT2D eigenvalue weighted by atomic mass is 10.0. The fraction of sp³-hybridized carbons (Fsp3) is 0.0417. The second kappa shape index (κ2) is 8.42. The minimum atomic E-state index is -1.03. The van der Waals surface area contributed by atoms with Crippen molar-refractivity contribution in [1.29, 1.82) is 5.26 Å². The maximum atomic E-state index is 13.2. The van der Waals surface area contributed by atoms with Gasteiger partial charge in [0.25, 0.3) is 0 Å². The number of carboxylic acid groups (broad SMARTS) is 1. The molecule has 5 nitrogen and oxygen atoms in total. The predicted octanol–water partition coefficient (Wildman–Crippen LogP) is 5.64. The van der Waals surface area contributed by atoms with E-state index in [4.69, 9.17) is 16.7 Å². The van der Waals surface area contributed by atoms with Gasteiger partial charge in [-0.2, -0.15) is 10.4 Å². The van der Waals surface area contributed by atoms with E-state index in [-0.39, 0.29) is 11.4 Å². The smallest absolute Gasteiger partial charge is 0.335 e. The standard InChI is InChI=1S/C24H15ClFN3O2/c25-19-7-10-21-22(11-18(13-27)16-3-5-17(6-4-16)24(30)31)28-29(23(21)12-19)14-15-1-8-20(26)9-2-15/h1-12H,14H2,(H,30,31)/b18-11+. The number of nitrogens with zero attached hydrogens (tertiary/aromatic N) is 3. The van der Waals surface area contributed by atoms with Crippen LogP contribution in [0.2, 0.25) is 5.02 Å². The highest BCUT2D eigenvalue weighted by Crippen LogP contribution is 2.27.